The second-order valence-electron chi connectivity index (χ2n) is 3.95. The molecule has 0 aromatic heterocycles. The highest BCUT2D eigenvalue weighted by molar-refractivity contribution is 4.97. The quantitative estimate of drug-likeness (QED) is 0.561. The van der Waals surface area contributed by atoms with E-state index in [-0.39, 0.29) is 0 Å². The summed E-state index contributed by atoms with van der Waals surface area (Å²) in [7, 11) is 0. The van der Waals surface area contributed by atoms with Crippen molar-refractivity contribution in [2.24, 2.45) is 0 Å². The second kappa shape index (κ2) is 3.57. The molecular formula is C10H18N. The van der Waals surface area contributed by atoms with Gasteiger partial charge in [0.2, 0.25) is 0 Å². The summed E-state index contributed by atoms with van der Waals surface area (Å²) >= 11 is 0. The summed E-state index contributed by atoms with van der Waals surface area (Å²) in [5.74, 6) is 1.84. The maximum Gasteiger partial charge on any atom is 0.00725 e. The van der Waals surface area contributed by atoms with Crippen LogP contribution in [-0.4, -0.2) is 12.6 Å². The molecular weight excluding hydrogens is 134 g/mol. The number of rotatable bonds is 0. The third kappa shape index (κ3) is 1.96. The fraction of sp³-hybridized carbons (Fsp3) is 0.900. The summed E-state index contributed by atoms with van der Waals surface area (Å²) in [6.45, 7) is 1.26. The minimum Gasteiger partial charge on any atom is -0.314 e. The van der Waals surface area contributed by atoms with Gasteiger partial charge in [0, 0.05) is 6.04 Å². The van der Waals surface area contributed by atoms with Gasteiger partial charge < -0.3 is 5.32 Å². The van der Waals surface area contributed by atoms with Gasteiger partial charge in [-0.2, -0.15) is 0 Å². The van der Waals surface area contributed by atoms with Crippen molar-refractivity contribution in [1.29, 1.82) is 0 Å². The largest absolute Gasteiger partial charge is 0.314 e. The average molecular weight is 152 g/mol. The maximum atomic E-state index is 3.63. The van der Waals surface area contributed by atoms with Crippen LogP contribution in [0.15, 0.2) is 0 Å². The fourth-order valence-corrected chi connectivity index (χ4v) is 2.36. The first-order chi connectivity index (χ1) is 5.45. The molecule has 2 bridgehead atoms. The van der Waals surface area contributed by atoms with Crippen LogP contribution < -0.4 is 5.32 Å². The predicted molar refractivity (Wildman–Crippen MR) is 47.4 cm³/mol. The summed E-state index contributed by atoms with van der Waals surface area (Å²) in [6, 6.07) is 0.843. The Bertz CT molecular complexity index is 96.0. The Morgan fingerprint density at radius 2 is 2.00 bits per heavy atom. The lowest BCUT2D eigenvalue weighted by Gasteiger charge is -2.14. The summed E-state index contributed by atoms with van der Waals surface area (Å²) in [6.07, 6.45) is 9.92. The van der Waals surface area contributed by atoms with Gasteiger partial charge >= 0.3 is 0 Å². The molecule has 0 spiro atoms. The molecule has 1 saturated heterocycles. The number of hydrogen-bond donors (Lipinski definition) is 1. The zero-order chi connectivity index (χ0) is 7.52. The Balaban J connectivity index is 1.96. The molecule has 2 rings (SSSR count). The first-order valence-corrected chi connectivity index (χ1v) is 5.02. The van der Waals surface area contributed by atoms with E-state index in [1.54, 1.807) is 0 Å². The van der Waals surface area contributed by atoms with Crippen molar-refractivity contribution < 1.29 is 0 Å². The average Bonchev–Trinajstić information content (AvgIpc) is 2.36. The van der Waals surface area contributed by atoms with Crippen LogP contribution in [0.5, 0.6) is 0 Å². The van der Waals surface area contributed by atoms with Gasteiger partial charge in [-0.05, 0) is 44.6 Å². The van der Waals surface area contributed by atoms with E-state index in [9.17, 15) is 0 Å². The van der Waals surface area contributed by atoms with Crippen molar-refractivity contribution in [3.8, 4) is 0 Å². The van der Waals surface area contributed by atoms with E-state index in [4.69, 9.17) is 0 Å². The molecule has 63 valence electrons. The van der Waals surface area contributed by atoms with Gasteiger partial charge in [0.25, 0.3) is 0 Å². The smallest absolute Gasteiger partial charge is 0.00725 e. The lowest BCUT2D eigenvalue weighted by atomic mass is 9.95. The van der Waals surface area contributed by atoms with Crippen LogP contribution in [0.3, 0.4) is 0 Å². The third-order valence-corrected chi connectivity index (χ3v) is 3.01. The molecule has 1 nitrogen and oxygen atoms in total. The van der Waals surface area contributed by atoms with Gasteiger partial charge in [-0.25, -0.2) is 0 Å². The maximum absolute atomic E-state index is 3.63. The van der Waals surface area contributed by atoms with Crippen LogP contribution in [-0.2, 0) is 0 Å². The van der Waals surface area contributed by atoms with E-state index < -0.39 is 0 Å². The van der Waals surface area contributed by atoms with Gasteiger partial charge in [0.05, 0.1) is 0 Å². The van der Waals surface area contributed by atoms with E-state index >= 15 is 0 Å². The lowest BCUT2D eigenvalue weighted by molar-refractivity contribution is 0.490. The van der Waals surface area contributed by atoms with E-state index in [1.807, 2.05) is 5.92 Å². The first-order valence-electron chi connectivity index (χ1n) is 5.02. The molecule has 11 heavy (non-hydrogen) atoms. The van der Waals surface area contributed by atoms with Gasteiger partial charge in [-0.3, -0.25) is 0 Å². The van der Waals surface area contributed by atoms with Gasteiger partial charge in [-0.1, -0.05) is 12.8 Å². The molecule has 1 aliphatic carbocycles. The summed E-state index contributed by atoms with van der Waals surface area (Å²) in [5.41, 5.74) is 0. The molecule has 1 N–H and O–H groups in total. The Hall–Kier alpha value is -0.0400. The predicted octanol–water partition coefficient (Wildman–Crippen LogP) is 2.28. The molecule has 0 aromatic carbocycles. The van der Waals surface area contributed by atoms with Crippen molar-refractivity contribution in [3.05, 3.63) is 5.92 Å². The standard InChI is InChI=1S/C10H18N/c1-2-6-10-8-9(4-1)5-3-7-11-10/h10-11H,1-8H2. The SMILES string of the molecule is C1CCC2C[C](C1)CCCN2. The third-order valence-electron chi connectivity index (χ3n) is 3.01. The van der Waals surface area contributed by atoms with Crippen molar-refractivity contribution in [2.45, 2.75) is 51.0 Å². The topological polar surface area (TPSA) is 12.0 Å². The highest BCUT2D eigenvalue weighted by Gasteiger charge is 2.22. The van der Waals surface area contributed by atoms with Gasteiger partial charge in [0.1, 0.15) is 0 Å². The van der Waals surface area contributed by atoms with Crippen molar-refractivity contribution in [3.63, 3.8) is 0 Å². The molecule has 1 heteroatoms. The first kappa shape index (κ1) is 7.60. The lowest BCUT2D eigenvalue weighted by Crippen LogP contribution is -2.27. The van der Waals surface area contributed by atoms with Crippen LogP contribution in [0, 0.1) is 5.92 Å². The van der Waals surface area contributed by atoms with Crippen LogP contribution in [0.1, 0.15) is 44.9 Å². The second-order valence-corrected chi connectivity index (χ2v) is 3.95. The molecule has 2 fully saturated rings. The van der Waals surface area contributed by atoms with E-state index in [0.29, 0.717) is 0 Å². The number of fused-ring (bicyclic) bond motifs is 2. The Morgan fingerprint density at radius 1 is 1.09 bits per heavy atom. The van der Waals surface area contributed by atoms with Crippen LogP contribution in [0.25, 0.3) is 0 Å². The molecule has 1 atom stereocenters. The minimum atomic E-state index is 0.843. The summed E-state index contributed by atoms with van der Waals surface area (Å²) < 4.78 is 0. The monoisotopic (exact) mass is 152 g/mol. The highest BCUT2D eigenvalue weighted by atomic mass is 14.9. The molecule has 2 aliphatic rings. The molecule has 1 unspecified atom stereocenters. The Labute approximate surface area is 69.6 Å². The normalized spacial score (nSPS) is 34.4. The van der Waals surface area contributed by atoms with Crippen LogP contribution in [0.4, 0.5) is 0 Å². The van der Waals surface area contributed by atoms with Crippen molar-refractivity contribution >= 4 is 0 Å². The Kier molecular flexibility index (Phi) is 2.47. The minimum absolute atomic E-state index is 0.843. The Morgan fingerprint density at radius 3 is 3.00 bits per heavy atom. The molecule has 0 amide bonds. The molecule has 1 saturated carbocycles. The zero-order valence-corrected chi connectivity index (χ0v) is 7.23. The fourth-order valence-electron chi connectivity index (χ4n) is 2.36. The summed E-state index contributed by atoms with van der Waals surface area (Å²) in [4.78, 5) is 0. The van der Waals surface area contributed by atoms with Crippen LogP contribution >= 0.6 is 0 Å². The van der Waals surface area contributed by atoms with Crippen LogP contribution in [0.2, 0.25) is 0 Å². The zero-order valence-electron chi connectivity index (χ0n) is 7.23. The van der Waals surface area contributed by atoms with Gasteiger partial charge in [0.15, 0.2) is 0 Å². The molecule has 1 aliphatic heterocycles. The molecule has 1 radical (unpaired) electrons. The summed E-state index contributed by atoms with van der Waals surface area (Å²) in [5, 5.41) is 3.63. The number of hydrogen-bond acceptors (Lipinski definition) is 1. The molecule has 0 aromatic rings. The van der Waals surface area contributed by atoms with Crippen molar-refractivity contribution in [1.82, 2.24) is 5.32 Å². The van der Waals surface area contributed by atoms with E-state index in [1.165, 1.54) is 51.5 Å². The highest BCUT2D eigenvalue weighted by Crippen LogP contribution is 2.30. The number of nitrogens with one attached hydrogen (secondary N) is 1. The van der Waals surface area contributed by atoms with Crippen molar-refractivity contribution in [2.75, 3.05) is 6.54 Å². The van der Waals surface area contributed by atoms with E-state index in [0.717, 1.165) is 6.04 Å². The van der Waals surface area contributed by atoms with E-state index in [2.05, 4.69) is 5.32 Å². The molecule has 1 heterocycles. The van der Waals surface area contributed by atoms with Gasteiger partial charge in [-0.15, -0.1) is 0 Å².